The summed E-state index contributed by atoms with van der Waals surface area (Å²) in [6, 6.07) is 0. The van der Waals surface area contributed by atoms with Crippen LogP contribution in [0.1, 0.15) is 80.1 Å². The van der Waals surface area contributed by atoms with Gasteiger partial charge in [-0.05, 0) is 19.8 Å². The lowest BCUT2D eigenvalue weighted by Gasteiger charge is -1.99. The van der Waals surface area contributed by atoms with Crippen molar-refractivity contribution in [1.29, 1.82) is 0 Å². The number of ether oxygens (including phenoxy) is 3. The van der Waals surface area contributed by atoms with Gasteiger partial charge in [0.1, 0.15) is 0 Å². The first-order valence-electron chi connectivity index (χ1n) is 8.71. The van der Waals surface area contributed by atoms with Gasteiger partial charge in [-0.15, -0.1) is 0 Å². The summed E-state index contributed by atoms with van der Waals surface area (Å²) in [5, 5.41) is 0. The van der Waals surface area contributed by atoms with Crippen molar-refractivity contribution in [3.05, 3.63) is 0 Å². The molecule has 0 saturated heterocycles. The summed E-state index contributed by atoms with van der Waals surface area (Å²) in [5.41, 5.74) is 0. The Bertz CT molecular complexity index is 302. The molecule has 0 unspecified atom stereocenters. The van der Waals surface area contributed by atoms with Crippen molar-refractivity contribution in [2.24, 2.45) is 0 Å². The molecule has 0 heterocycles. The van der Waals surface area contributed by atoms with E-state index in [-0.39, 0.29) is 17.9 Å². The topological polar surface area (TPSA) is 78.9 Å². The largest absolute Gasteiger partial charge is 0.466 e. The van der Waals surface area contributed by atoms with E-state index in [4.69, 9.17) is 4.74 Å². The van der Waals surface area contributed by atoms with Gasteiger partial charge in [0.2, 0.25) is 0 Å². The molecular weight excluding hydrogens is 312 g/mol. The van der Waals surface area contributed by atoms with Gasteiger partial charge < -0.3 is 14.2 Å². The minimum atomic E-state index is -0.211. The fourth-order valence-corrected chi connectivity index (χ4v) is 1.31. The molecule has 0 fully saturated rings. The number of rotatable bonds is 9. The lowest BCUT2D eigenvalue weighted by atomic mass is 10.2. The second-order valence-corrected chi connectivity index (χ2v) is 5.02. The molecule has 6 heteroatoms. The van der Waals surface area contributed by atoms with Crippen molar-refractivity contribution < 1.29 is 28.6 Å². The predicted molar refractivity (Wildman–Crippen MR) is 94.6 cm³/mol. The molecule has 0 aliphatic carbocycles. The van der Waals surface area contributed by atoms with Gasteiger partial charge in [0.05, 0.1) is 19.8 Å². The second-order valence-electron chi connectivity index (χ2n) is 5.02. The molecule has 0 aromatic heterocycles. The number of esters is 3. The molecular formula is C18H36O6. The van der Waals surface area contributed by atoms with Gasteiger partial charge >= 0.3 is 17.9 Å². The first-order chi connectivity index (χ1) is 11.3. The van der Waals surface area contributed by atoms with E-state index >= 15 is 0 Å². The van der Waals surface area contributed by atoms with Crippen molar-refractivity contribution in [2.75, 3.05) is 19.8 Å². The highest BCUT2D eigenvalue weighted by molar-refractivity contribution is 5.66. The molecule has 24 heavy (non-hydrogen) atoms. The summed E-state index contributed by atoms with van der Waals surface area (Å²) in [6.45, 7) is 11.9. The van der Waals surface area contributed by atoms with E-state index in [2.05, 4.69) is 23.3 Å². The highest BCUT2D eigenvalue weighted by Gasteiger charge is 1.91. The monoisotopic (exact) mass is 348 g/mol. The van der Waals surface area contributed by atoms with E-state index in [0.717, 1.165) is 19.3 Å². The second kappa shape index (κ2) is 23.7. The van der Waals surface area contributed by atoms with Gasteiger partial charge in [0.25, 0.3) is 0 Å². The normalized spacial score (nSPS) is 8.75. The highest BCUT2D eigenvalue weighted by Crippen LogP contribution is 1.98. The zero-order valence-electron chi connectivity index (χ0n) is 16.3. The number of carbonyl (C=O) groups is 3. The van der Waals surface area contributed by atoms with E-state index in [1.807, 2.05) is 0 Å². The quantitative estimate of drug-likeness (QED) is 0.355. The van der Waals surface area contributed by atoms with Crippen LogP contribution >= 0.6 is 0 Å². The molecule has 0 radical (unpaired) electrons. The maximum atomic E-state index is 10.3. The number of hydrogen-bond acceptors (Lipinski definition) is 6. The van der Waals surface area contributed by atoms with Crippen LogP contribution in [-0.4, -0.2) is 37.7 Å². The Morgan fingerprint density at radius 2 is 1.00 bits per heavy atom. The maximum Gasteiger partial charge on any atom is 0.302 e. The number of carbonyl (C=O) groups excluding carboxylic acids is 3. The average molecular weight is 348 g/mol. The third-order valence-electron chi connectivity index (χ3n) is 2.45. The molecule has 0 N–H and O–H groups in total. The zero-order chi connectivity index (χ0) is 19.2. The zero-order valence-corrected chi connectivity index (χ0v) is 16.3. The molecule has 0 atom stereocenters. The summed E-state index contributed by atoms with van der Waals surface area (Å²) in [6.07, 6.45) is 6.69. The lowest BCUT2D eigenvalue weighted by molar-refractivity contribution is -0.142. The lowest BCUT2D eigenvalue weighted by Crippen LogP contribution is -1.99. The Morgan fingerprint density at radius 1 is 0.583 bits per heavy atom. The number of hydrogen-bond donors (Lipinski definition) is 0. The molecule has 0 amide bonds. The number of unbranched alkanes of at least 4 members (excludes halogenated alkanes) is 4. The van der Waals surface area contributed by atoms with Crippen LogP contribution in [0.15, 0.2) is 0 Å². The van der Waals surface area contributed by atoms with Crippen molar-refractivity contribution in [1.82, 2.24) is 0 Å². The van der Waals surface area contributed by atoms with Crippen molar-refractivity contribution in [2.45, 2.75) is 80.1 Å². The van der Waals surface area contributed by atoms with Crippen molar-refractivity contribution >= 4 is 17.9 Å². The summed E-state index contributed by atoms with van der Waals surface area (Å²) in [4.78, 5) is 30.2. The fourth-order valence-electron chi connectivity index (χ4n) is 1.31. The molecule has 0 rings (SSSR count). The summed E-state index contributed by atoms with van der Waals surface area (Å²) < 4.78 is 13.8. The molecule has 6 nitrogen and oxygen atoms in total. The summed E-state index contributed by atoms with van der Waals surface area (Å²) >= 11 is 0. The minimum absolute atomic E-state index is 0.170. The van der Waals surface area contributed by atoms with Crippen LogP contribution < -0.4 is 0 Å². The van der Waals surface area contributed by atoms with Gasteiger partial charge in [-0.1, -0.05) is 39.5 Å². The van der Waals surface area contributed by atoms with Crippen LogP contribution in [-0.2, 0) is 28.6 Å². The van der Waals surface area contributed by atoms with Crippen LogP contribution in [0.3, 0.4) is 0 Å². The van der Waals surface area contributed by atoms with E-state index in [1.165, 1.54) is 40.0 Å². The SMILES string of the molecule is CCCCCCOC(C)=O.CCCCOC(C)=O.CCOC(C)=O. The van der Waals surface area contributed by atoms with Crippen LogP contribution in [0.4, 0.5) is 0 Å². The van der Waals surface area contributed by atoms with Gasteiger partial charge in [0.15, 0.2) is 0 Å². The van der Waals surface area contributed by atoms with Crippen LogP contribution in [0.2, 0.25) is 0 Å². The first-order valence-corrected chi connectivity index (χ1v) is 8.71. The third kappa shape index (κ3) is 42.8. The standard InChI is InChI=1S/C8H16O2.C6H12O2.C4H8O2/c1-3-4-5-6-7-10-8(2)9;1-3-4-5-8-6(2)7;1-3-6-4(2)5/h3-7H2,1-2H3;3-5H2,1-2H3;3H2,1-2H3. The summed E-state index contributed by atoms with van der Waals surface area (Å²) in [7, 11) is 0. The van der Waals surface area contributed by atoms with Crippen LogP contribution in [0.25, 0.3) is 0 Å². The molecule has 0 saturated carbocycles. The van der Waals surface area contributed by atoms with Crippen LogP contribution in [0.5, 0.6) is 0 Å². The Hall–Kier alpha value is -1.59. The summed E-state index contributed by atoms with van der Waals surface area (Å²) in [5.74, 6) is -0.563. The molecule has 0 aliphatic heterocycles. The van der Waals surface area contributed by atoms with Gasteiger partial charge in [-0.3, -0.25) is 14.4 Å². The minimum Gasteiger partial charge on any atom is -0.466 e. The molecule has 0 aliphatic rings. The van der Waals surface area contributed by atoms with E-state index in [1.54, 1.807) is 6.92 Å². The Kier molecular flexibility index (Phi) is 26.9. The Morgan fingerprint density at radius 3 is 1.29 bits per heavy atom. The molecule has 0 spiro atoms. The van der Waals surface area contributed by atoms with E-state index < -0.39 is 0 Å². The van der Waals surface area contributed by atoms with E-state index in [9.17, 15) is 14.4 Å². The smallest absolute Gasteiger partial charge is 0.302 e. The molecule has 0 bridgehead atoms. The first kappa shape index (κ1) is 27.3. The van der Waals surface area contributed by atoms with Gasteiger partial charge in [-0.25, -0.2) is 0 Å². The van der Waals surface area contributed by atoms with Gasteiger partial charge in [0, 0.05) is 20.8 Å². The fraction of sp³-hybridized carbons (Fsp3) is 0.833. The Balaban J connectivity index is -0.000000285. The molecule has 0 aromatic rings. The Labute approximate surface area is 147 Å². The van der Waals surface area contributed by atoms with Gasteiger partial charge in [-0.2, -0.15) is 0 Å². The third-order valence-corrected chi connectivity index (χ3v) is 2.45. The highest BCUT2D eigenvalue weighted by atomic mass is 16.5. The maximum absolute atomic E-state index is 10.3. The van der Waals surface area contributed by atoms with Crippen molar-refractivity contribution in [3.63, 3.8) is 0 Å². The predicted octanol–water partition coefficient (Wildman–Crippen LogP) is 4.05. The van der Waals surface area contributed by atoms with Crippen molar-refractivity contribution in [3.8, 4) is 0 Å². The average Bonchev–Trinajstić information content (AvgIpc) is 2.48. The van der Waals surface area contributed by atoms with Crippen LogP contribution in [0, 0.1) is 0 Å². The molecule has 144 valence electrons. The van der Waals surface area contributed by atoms with E-state index in [0.29, 0.717) is 19.8 Å². The molecule has 0 aromatic carbocycles.